The first-order chi connectivity index (χ1) is 27.2. The third kappa shape index (κ3) is 8.44. The standard InChI is InChI=1S/2C18H24F2NO2.2C5H5.Ti/c2*1-4-9-18(2,3)17(22)21(12-14-6-5-10-23-14)16-8-7-13(19)11-15(16)20;2*1-2-4-5-3-1;/h2*7-8,14H,4-6,9-10,12H2,1-3H3;2*1-3H,4H2;. The van der Waals surface area contributed by atoms with Gasteiger partial charge in [0.15, 0.2) is 0 Å². The Bertz CT molecular complexity index is 1820. The minimum atomic E-state index is -5.37. The van der Waals surface area contributed by atoms with Crippen LogP contribution in [-0.2, 0) is 35.7 Å². The molecule has 0 saturated carbocycles. The fourth-order valence-electron chi connectivity index (χ4n) is 9.37. The Labute approximate surface area is 339 Å². The minimum absolute atomic E-state index is 0.0501. The molecule has 2 atom stereocenters. The Morgan fingerprint density at radius 1 is 0.684 bits per heavy atom. The molecular formula is C46H58F4N2O4Ti. The van der Waals surface area contributed by atoms with E-state index in [9.17, 15) is 9.59 Å². The van der Waals surface area contributed by atoms with Gasteiger partial charge >= 0.3 is 341 Å². The molecule has 0 radical (unpaired) electrons. The summed E-state index contributed by atoms with van der Waals surface area (Å²) in [6.07, 6.45) is 15.8. The number of allylic oxidation sites excluding steroid dienone is 8. The Morgan fingerprint density at radius 2 is 1.09 bits per heavy atom. The van der Waals surface area contributed by atoms with E-state index in [-0.39, 0.29) is 61.3 Å². The molecular weight excluding hydrogens is 768 g/mol. The number of carbonyl (C=O) groups excluding carboxylic acids is 2. The van der Waals surface area contributed by atoms with Crippen LogP contribution in [0, 0.1) is 34.1 Å². The summed E-state index contributed by atoms with van der Waals surface area (Å²) in [6, 6.07) is 4.84. The summed E-state index contributed by atoms with van der Waals surface area (Å²) >= 11 is -5.37. The van der Waals surface area contributed by atoms with Gasteiger partial charge in [0.25, 0.3) is 0 Å². The van der Waals surface area contributed by atoms with Crippen molar-refractivity contribution in [2.24, 2.45) is 10.8 Å². The molecule has 4 aliphatic rings. The maximum atomic E-state index is 18.2. The molecule has 0 aromatic heterocycles. The average molecular weight is 827 g/mol. The molecule has 2 unspecified atom stereocenters. The number of halogens is 4. The van der Waals surface area contributed by atoms with Crippen LogP contribution in [0.1, 0.15) is 106 Å². The van der Waals surface area contributed by atoms with Crippen LogP contribution >= 0.6 is 0 Å². The molecule has 2 aliphatic carbocycles. The fraction of sp³-hybridized carbons (Fsp3) is 0.522. The molecule has 0 N–H and O–H groups in total. The average Bonchev–Trinajstić information content (AvgIpc) is 4.02. The number of amides is 2. The Hall–Kier alpha value is -3.31. The molecule has 57 heavy (non-hydrogen) atoms. The number of hydrogen-bond acceptors (Lipinski definition) is 4. The molecule has 2 aromatic carbocycles. The SMILES string of the molecule is CCCC(C)(C)C(=O)N(CC1CCCO1)c1ccc(F)[c]([Ti]([C]2=CC=CC2)([C]2=CC=CC2)[c]2c(F)ccc(N(CC3CCCO3)C(=O)C(C)(C)CCC)c2F)c1F. The number of ether oxygens (including phenoxy) is 2. The topological polar surface area (TPSA) is 59.1 Å². The summed E-state index contributed by atoms with van der Waals surface area (Å²) in [5.41, 5.74) is -2.06. The zero-order chi connectivity index (χ0) is 41.1. The van der Waals surface area contributed by atoms with Crippen molar-refractivity contribution in [2.45, 2.75) is 118 Å². The van der Waals surface area contributed by atoms with Crippen LogP contribution in [0.2, 0.25) is 0 Å². The molecule has 2 heterocycles. The van der Waals surface area contributed by atoms with Crippen molar-refractivity contribution in [1.82, 2.24) is 0 Å². The van der Waals surface area contributed by atoms with Crippen molar-refractivity contribution in [2.75, 3.05) is 36.1 Å². The number of hydrogen-bond donors (Lipinski definition) is 0. The molecule has 11 heteroatoms. The van der Waals surface area contributed by atoms with E-state index in [2.05, 4.69) is 0 Å². The zero-order valence-electron chi connectivity index (χ0n) is 34.4. The predicted molar refractivity (Wildman–Crippen MR) is 216 cm³/mol. The van der Waals surface area contributed by atoms with Crippen molar-refractivity contribution < 1.29 is 53.2 Å². The van der Waals surface area contributed by atoms with Gasteiger partial charge in [-0.05, 0) is 0 Å². The van der Waals surface area contributed by atoms with E-state index in [0.717, 1.165) is 25.0 Å². The van der Waals surface area contributed by atoms with Crippen LogP contribution in [0.3, 0.4) is 0 Å². The first-order valence-electron chi connectivity index (χ1n) is 20.7. The summed E-state index contributed by atoms with van der Waals surface area (Å²) in [5, 5.41) is 0. The van der Waals surface area contributed by atoms with Crippen molar-refractivity contribution in [1.29, 1.82) is 0 Å². The monoisotopic (exact) mass is 826 g/mol. The maximum absolute atomic E-state index is 18.2. The van der Waals surface area contributed by atoms with Crippen LogP contribution in [-0.4, -0.2) is 50.3 Å². The van der Waals surface area contributed by atoms with Crippen LogP contribution in [0.5, 0.6) is 0 Å². The van der Waals surface area contributed by atoms with Crippen LogP contribution in [0.25, 0.3) is 0 Å². The van der Waals surface area contributed by atoms with E-state index in [1.165, 1.54) is 21.9 Å². The molecule has 6 nitrogen and oxygen atoms in total. The first kappa shape index (κ1) is 43.3. The number of nitrogens with zero attached hydrogens (tertiary/aromatic N) is 2. The van der Waals surface area contributed by atoms with Gasteiger partial charge in [-0.1, -0.05) is 0 Å². The van der Waals surface area contributed by atoms with E-state index >= 15 is 17.6 Å². The molecule has 2 saturated heterocycles. The van der Waals surface area contributed by atoms with Gasteiger partial charge in [0.05, 0.1) is 0 Å². The molecule has 0 bridgehead atoms. The molecule has 2 aromatic rings. The van der Waals surface area contributed by atoms with Crippen molar-refractivity contribution in [3.05, 3.63) is 91.7 Å². The Morgan fingerprint density at radius 3 is 1.40 bits per heavy atom. The van der Waals surface area contributed by atoms with Crippen LogP contribution in [0.15, 0.2) is 68.5 Å². The predicted octanol–water partition coefficient (Wildman–Crippen LogP) is 9.71. The molecule has 2 aliphatic heterocycles. The molecule has 2 fully saturated rings. The summed E-state index contributed by atoms with van der Waals surface area (Å²) in [5.74, 6) is -4.56. The summed E-state index contributed by atoms with van der Waals surface area (Å²) in [7, 11) is 0. The van der Waals surface area contributed by atoms with Gasteiger partial charge in [-0.15, -0.1) is 0 Å². The van der Waals surface area contributed by atoms with Crippen molar-refractivity contribution in [3.8, 4) is 0 Å². The van der Waals surface area contributed by atoms with Crippen molar-refractivity contribution in [3.63, 3.8) is 0 Å². The van der Waals surface area contributed by atoms with Gasteiger partial charge in [0.2, 0.25) is 0 Å². The number of carbonyl (C=O) groups is 2. The Balaban J connectivity index is 1.64. The van der Waals surface area contributed by atoms with Crippen molar-refractivity contribution >= 4 is 30.9 Å². The number of benzene rings is 2. The quantitative estimate of drug-likeness (QED) is 0.125. The van der Waals surface area contributed by atoms with Crippen LogP contribution < -0.4 is 17.5 Å². The second kappa shape index (κ2) is 17.9. The summed E-state index contributed by atoms with van der Waals surface area (Å²) < 4.78 is 82.9. The first-order valence-corrected chi connectivity index (χ1v) is 23.9. The molecule has 6 rings (SSSR count). The zero-order valence-corrected chi connectivity index (χ0v) is 35.9. The van der Waals surface area contributed by atoms with E-state index in [4.69, 9.17) is 9.47 Å². The van der Waals surface area contributed by atoms with E-state index in [0.29, 0.717) is 59.5 Å². The van der Waals surface area contributed by atoms with Gasteiger partial charge < -0.3 is 0 Å². The summed E-state index contributed by atoms with van der Waals surface area (Å²) in [4.78, 5) is 31.8. The van der Waals surface area contributed by atoms with Gasteiger partial charge in [0.1, 0.15) is 0 Å². The third-order valence-corrected chi connectivity index (χ3v) is 20.1. The number of anilines is 2. The van der Waals surface area contributed by atoms with Gasteiger partial charge in [-0.2, -0.15) is 0 Å². The fourth-order valence-corrected chi connectivity index (χ4v) is 17.6. The third-order valence-electron chi connectivity index (χ3n) is 12.2. The van der Waals surface area contributed by atoms with E-state index in [1.807, 2.05) is 53.7 Å². The van der Waals surface area contributed by atoms with Gasteiger partial charge in [-0.25, -0.2) is 0 Å². The van der Waals surface area contributed by atoms with Gasteiger partial charge in [-0.3, -0.25) is 0 Å². The van der Waals surface area contributed by atoms with E-state index in [1.54, 1.807) is 24.3 Å². The van der Waals surface area contributed by atoms with Crippen LogP contribution in [0.4, 0.5) is 28.9 Å². The second-order valence-electron chi connectivity index (χ2n) is 17.3. The van der Waals surface area contributed by atoms with E-state index < -0.39 is 58.4 Å². The summed E-state index contributed by atoms with van der Waals surface area (Å²) in [6.45, 7) is 12.3. The molecule has 0 spiro atoms. The number of rotatable bonds is 16. The molecule has 308 valence electrons. The normalized spacial score (nSPS) is 19.7. The Kier molecular flexibility index (Phi) is 13.6. The van der Waals surface area contributed by atoms with Gasteiger partial charge in [0, 0.05) is 0 Å². The second-order valence-corrected chi connectivity index (χ2v) is 23.2. The molecule has 2 amide bonds.